The Morgan fingerprint density at radius 3 is 0.898 bits per heavy atom. The van der Waals surface area contributed by atoms with Crippen molar-refractivity contribution in [2.24, 2.45) is 0 Å². The molecular formula is C52H46Br2I2N2O. The normalized spacial score (nSPS) is 10.4. The van der Waals surface area contributed by atoms with Crippen LogP contribution in [-0.4, -0.2) is 7.54 Å². The van der Waals surface area contributed by atoms with E-state index in [1.165, 1.54) is 24.7 Å². The highest BCUT2D eigenvalue weighted by molar-refractivity contribution is 14.2. The van der Waals surface area contributed by atoms with Gasteiger partial charge in [0.05, 0.1) is 2.43 Å². The lowest BCUT2D eigenvalue weighted by atomic mass is 9.79. The standard InChI is InChI=1S/C32H26BrN.C13H12O.C6H6BrN.CH2I2/c33-27-21-28(30(23-13-5-1-6-14-23)24-15-7-2-8-16-24)32(34)29(22-27)31(25-17-9-3-10-18-25)26-19-11-4-12-20-26;14-13(11-7-3-1-4-8-11)12-9-5-2-6-10-12;7-5-1-3-6(8)4-2-5;2-1-3/h1-22,30-31H,34H2;1-10,13-14H;1-4H,8H2;1H2. The lowest BCUT2D eigenvalue weighted by Gasteiger charge is -2.26. The summed E-state index contributed by atoms with van der Waals surface area (Å²) in [6.07, 6.45) is -0.516. The molecule has 0 amide bonds. The summed E-state index contributed by atoms with van der Waals surface area (Å²) in [6, 6.07) is 73.7. The summed E-state index contributed by atoms with van der Waals surface area (Å²) < 4.78 is 3.28. The van der Waals surface area contributed by atoms with Gasteiger partial charge in [-0.3, -0.25) is 0 Å². The molecule has 0 aromatic heterocycles. The SMILES string of the molecule is ICI.Nc1c(C(c2ccccc2)c2ccccc2)cc(Br)cc1C(c1ccccc1)c1ccccc1.Nc1ccc(Br)cc1.OC(c1ccccc1)c1ccccc1. The van der Waals surface area contributed by atoms with Gasteiger partial charge in [-0.1, -0.05) is 259 Å². The second-order valence-corrected chi connectivity index (χ2v) is 19.7. The van der Waals surface area contributed by atoms with Crippen LogP contribution in [0.4, 0.5) is 11.4 Å². The zero-order chi connectivity index (χ0) is 41.8. The van der Waals surface area contributed by atoms with Crippen LogP contribution in [0.3, 0.4) is 0 Å². The zero-order valence-corrected chi connectivity index (χ0v) is 39.8. The van der Waals surface area contributed by atoms with Crippen LogP contribution in [0.15, 0.2) is 227 Å². The average molecular weight is 1130 g/mol. The minimum atomic E-state index is -0.516. The highest BCUT2D eigenvalue weighted by Crippen LogP contribution is 2.43. The van der Waals surface area contributed by atoms with Crippen molar-refractivity contribution in [3.8, 4) is 0 Å². The van der Waals surface area contributed by atoms with Gasteiger partial charge in [0, 0.05) is 32.2 Å². The molecule has 0 heterocycles. The Labute approximate surface area is 393 Å². The number of alkyl halides is 2. The Kier molecular flexibility index (Phi) is 19.2. The first kappa shape index (κ1) is 45.8. The maximum absolute atomic E-state index is 9.99. The van der Waals surface area contributed by atoms with Crippen LogP contribution in [0.5, 0.6) is 0 Å². The van der Waals surface area contributed by atoms with Crippen LogP contribution < -0.4 is 11.5 Å². The second-order valence-electron chi connectivity index (χ2n) is 13.4. The molecule has 0 saturated carbocycles. The number of rotatable bonds is 8. The van der Waals surface area contributed by atoms with Gasteiger partial charge in [0.15, 0.2) is 0 Å². The van der Waals surface area contributed by atoms with E-state index in [1.54, 1.807) is 0 Å². The third kappa shape index (κ3) is 13.9. The molecule has 0 saturated heterocycles. The molecule has 3 nitrogen and oxygen atoms in total. The first-order valence-corrected chi connectivity index (χ1v) is 23.6. The molecule has 8 aromatic rings. The van der Waals surface area contributed by atoms with Gasteiger partial charge >= 0.3 is 0 Å². The molecule has 0 unspecified atom stereocenters. The number of nitrogens with two attached hydrogens (primary N) is 2. The molecule has 59 heavy (non-hydrogen) atoms. The molecule has 0 spiro atoms. The molecule has 7 heteroatoms. The minimum Gasteiger partial charge on any atom is -0.399 e. The third-order valence-electron chi connectivity index (χ3n) is 9.46. The van der Waals surface area contributed by atoms with E-state index in [0.717, 1.165) is 42.6 Å². The number of aliphatic hydroxyl groups is 1. The van der Waals surface area contributed by atoms with Crippen molar-refractivity contribution in [3.05, 3.63) is 272 Å². The Morgan fingerprint density at radius 1 is 0.390 bits per heavy atom. The smallest absolute Gasteiger partial charge is 0.104 e. The number of anilines is 2. The molecular weight excluding hydrogens is 1080 g/mol. The minimum absolute atomic E-state index is 0.0332. The van der Waals surface area contributed by atoms with Crippen LogP contribution in [-0.2, 0) is 0 Å². The van der Waals surface area contributed by atoms with Gasteiger partial charge in [-0.15, -0.1) is 0 Å². The van der Waals surface area contributed by atoms with Gasteiger partial charge in [0.1, 0.15) is 6.10 Å². The number of nitrogen functional groups attached to an aromatic ring is 2. The van der Waals surface area contributed by atoms with Crippen molar-refractivity contribution in [3.63, 3.8) is 0 Å². The second kappa shape index (κ2) is 24.7. The summed E-state index contributed by atoms with van der Waals surface area (Å²) in [4.78, 5) is 0. The summed E-state index contributed by atoms with van der Waals surface area (Å²) in [5, 5.41) is 9.99. The number of benzene rings is 8. The van der Waals surface area contributed by atoms with Gasteiger partial charge in [0.25, 0.3) is 0 Å². The largest absolute Gasteiger partial charge is 0.399 e. The Morgan fingerprint density at radius 2 is 0.644 bits per heavy atom. The molecule has 8 aromatic carbocycles. The lowest BCUT2D eigenvalue weighted by Crippen LogP contribution is -2.12. The van der Waals surface area contributed by atoms with Gasteiger partial charge in [-0.25, -0.2) is 0 Å². The lowest BCUT2D eigenvalue weighted by molar-refractivity contribution is 0.220. The van der Waals surface area contributed by atoms with Gasteiger partial charge in [-0.2, -0.15) is 0 Å². The number of halogens is 4. The van der Waals surface area contributed by atoms with E-state index in [4.69, 9.17) is 11.5 Å². The Balaban J connectivity index is 0.000000215. The first-order valence-electron chi connectivity index (χ1n) is 19.0. The quantitative estimate of drug-likeness (QED) is 0.0614. The molecule has 0 bridgehead atoms. The van der Waals surface area contributed by atoms with E-state index in [0.29, 0.717) is 0 Å². The van der Waals surface area contributed by atoms with Crippen LogP contribution in [0.1, 0.15) is 62.4 Å². The fourth-order valence-electron chi connectivity index (χ4n) is 6.75. The average Bonchev–Trinajstić information content (AvgIpc) is 3.29. The summed E-state index contributed by atoms with van der Waals surface area (Å²) in [7, 11) is 0. The molecule has 298 valence electrons. The predicted octanol–water partition coefficient (Wildman–Crippen LogP) is 15.0. The number of hydrogen-bond donors (Lipinski definition) is 3. The van der Waals surface area contributed by atoms with E-state index in [9.17, 15) is 5.11 Å². The van der Waals surface area contributed by atoms with Crippen LogP contribution in [0.25, 0.3) is 0 Å². The molecule has 0 fully saturated rings. The molecule has 0 aliphatic rings. The van der Waals surface area contributed by atoms with E-state index in [2.05, 4.69) is 211 Å². The van der Waals surface area contributed by atoms with E-state index < -0.39 is 6.10 Å². The van der Waals surface area contributed by atoms with Crippen molar-refractivity contribution >= 4 is 88.4 Å². The zero-order valence-electron chi connectivity index (χ0n) is 32.3. The highest BCUT2D eigenvalue weighted by atomic mass is 127. The summed E-state index contributed by atoms with van der Waals surface area (Å²) >= 11 is 11.7. The highest BCUT2D eigenvalue weighted by Gasteiger charge is 2.26. The predicted molar refractivity (Wildman–Crippen MR) is 275 cm³/mol. The van der Waals surface area contributed by atoms with Crippen molar-refractivity contribution in [1.29, 1.82) is 0 Å². The molecule has 0 aliphatic heterocycles. The van der Waals surface area contributed by atoms with Crippen LogP contribution >= 0.6 is 77.0 Å². The van der Waals surface area contributed by atoms with Crippen LogP contribution in [0.2, 0.25) is 0 Å². The molecule has 0 aliphatic carbocycles. The number of hydrogen-bond acceptors (Lipinski definition) is 3. The molecule has 8 rings (SSSR count). The first-order chi connectivity index (χ1) is 28.8. The summed E-state index contributed by atoms with van der Waals surface area (Å²) in [5.74, 6) is 0.0664. The maximum atomic E-state index is 9.99. The molecule has 5 N–H and O–H groups in total. The van der Waals surface area contributed by atoms with Gasteiger partial charge in [-0.05, 0) is 80.9 Å². The summed E-state index contributed by atoms with van der Waals surface area (Å²) in [5.41, 5.74) is 23.1. The summed E-state index contributed by atoms with van der Waals surface area (Å²) in [6.45, 7) is 0. The van der Waals surface area contributed by atoms with E-state index in [-0.39, 0.29) is 11.8 Å². The van der Waals surface area contributed by atoms with Crippen molar-refractivity contribution in [2.75, 3.05) is 13.9 Å². The number of aliphatic hydroxyl groups excluding tert-OH is 1. The van der Waals surface area contributed by atoms with Crippen LogP contribution in [0, 0.1) is 0 Å². The van der Waals surface area contributed by atoms with E-state index in [1.807, 2.05) is 84.9 Å². The monoisotopic (exact) mass is 1130 g/mol. The maximum Gasteiger partial charge on any atom is 0.104 e. The van der Waals surface area contributed by atoms with Gasteiger partial charge in [0.2, 0.25) is 0 Å². The van der Waals surface area contributed by atoms with Gasteiger partial charge < -0.3 is 16.6 Å². The molecule has 0 atom stereocenters. The van der Waals surface area contributed by atoms with Crippen molar-refractivity contribution < 1.29 is 5.11 Å². The Bertz CT molecular complexity index is 2130. The third-order valence-corrected chi connectivity index (χ3v) is 10.4. The van der Waals surface area contributed by atoms with Crippen molar-refractivity contribution in [1.82, 2.24) is 0 Å². The molecule has 0 radical (unpaired) electrons. The topological polar surface area (TPSA) is 72.3 Å². The van der Waals surface area contributed by atoms with E-state index >= 15 is 0 Å². The fourth-order valence-corrected chi connectivity index (χ4v) is 7.51. The Hall–Kier alpha value is -4.26. The fraction of sp³-hybridized carbons (Fsp3) is 0.0769. The van der Waals surface area contributed by atoms with Crippen molar-refractivity contribution in [2.45, 2.75) is 17.9 Å².